The molecule has 0 atom stereocenters. The van der Waals surface area contributed by atoms with E-state index < -0.39 is 0 Å². The van der Waals surface area contributed by atoms with Crippen LogP contribution < -0.4 is 0 Å². The van der Waals surface area contributed by atoms with Crippen LogP contribution in [0.3, 0.4) is 0 Å². The third-order valence-electron chi connectivity index (χ3n) is 5.34. The highest BCUT2D eigenvalue weighted by atomic mass is 16.6. The molecule has 0 aliphatic rings. The SMILES string of the molecule is C=C(C)C(=O)OC(C)C.C=C(C)C(=O)OCCOC(C)C.C=CC(=O)CC(C)C.C=CC(=O)CCCOC(C)C.C=CC(=O)OC(C)C.C=CN(C=O)C(C)C. The molecule has 0 fully saturated rings. The lowest BCUT2D eigenvalue weighted by atomic mass is 10.1. The lowest BCUT2D eigenvalue weighted by Gasteiger charge is -2.14. The Morgan fingerprint density at radius 3 is 1.27 bits per heavy atom. The van der Waals surface area contributed by atoms with Gasteiger partial charge in [-0.3, -0.25) is 14.4 Å². The molecule has 0 aromatic carbocycles. The number of amides is 1. The Kier molecular flexibility index (Phi) is 49.1. The number of ether oxygens (including phenoxy) is 5. The average molecular weight is 796 g/mol. The maximum Gasteiger partial charge on any atom is 0.333 e. The summed E-state index contributed by atoms with van der Waals surface area (Å²) in [6.07, 6.45) is 8.48. The summed E-state index contributed by atoms with van der Waals surface area (Å²) in [7, 11) is 0. The van der Waals surface area contributed by atoms with Crippen LogP contribution in [-0.2, 0) is 52.5 Å². The van der Waals surface area contributed by atoms with E-state index in [1.165, 1.54) is 23.3 Å². The van der Waals surface area contributed by atoms with Crippen LogP contribution in [0.4, 0.5) is 0 Å². The van der Waals surface area contributed by atoms with E-state index in [4.69, 9.17) is 18.9 Å². The summed E-state index contributed by atoms with van der Waals surface area (Å²) < 4.78 is 24.6. The smallest absolute Gasteiger partial charge is 0.333 e. The Hall–Kier alpha value is -4.42. The molecule has 0 rings (SSSR count). The normalized spacial score (nSPS) is 9.50. The van der Waals surface area contributed by atoms with E-state index in [0.29, 0.717) is 49.7 Å². The first-order valence-electron chi connectivity index (χ1n) is 18.7. The summed E-state index contributed by atoms with van der Waals surface area (Å²) in [5, 5.41) is 0. The van der Waals surface area contributed by atoms with Gasteiger partial charge in [-0.15, -0.1) is 0 Å². The number of carbonyl (C=O) groups is 6. The minimum atomic E-state index is -0.361. The van der Waals surface area contributed by atoms with Crippen molar-refractivity contribution in [2.45, 2.75) is 147 Å². The monoisotopic (exact) mass is 796 g/mol. The van der Waals surface area contributed by atoms with Crippen LogP contribution in [0.5, 0.6) is 0 Å². The summed E-state index contributed by atoms with van der Waals surface area (Å²) in [5.74, 6) is -0.342. The Labute approximate surface area is 340 Å². The van der Waals surface area contributed by atoms with Crippen molar-refractivity contribution in [2.24, 2.45) is 5.92 Å². The largest absolute Gasteiger partial charge is 0.460 e. The maximum atomic E-state index is 10.8. The Bertz CT molecular complexity index is 1120. The van der Waals surface area contributed by atoms with Crippen molar-refractivity contribution in [1.82, 2.24) is 4.90 Å². The van der Waals surface area contributed by atoms with E-state index in [9.17, 15) is 28.8 Å². The molecule has 0 radical (unpaired) electrons. The van der Waals surface area contributed by atoms with Crippen molar-refractivity contribution in [3.8, 4) is 0 Å². The predicted molar refractivity (Wildman–Crippen MR) is 228 cm³/mol. The molecule has 0 aromatic rings. The molecule has 0 spiro atoms. The highest BCUT2D eigenvalue weighted by Crippen LogP contribution is 2.00. The van der Waals surface area contributed by atoms with Gasteiger partial charge in [0.1, 0.15) is 6.61 Å². The number of esters is 3. The van der Waals surface area contributed by atoms with Gasteiger partial charge in [0, 0.05) is 42.7 Å². The first-order chi connectivity index (χ1) is 25.8. The van der Waals surface area contributed by atoms with Crippen LogP contribution in [-0.4, -0.2) is 91.1 Å². The molecular formula is C44H77NO11. The van der Waals surface area contributed by atoms with E-state index in [1.54, 1.807) is 41.5 Å². The standard InChI is InChI=1S/C9H16O3.C9H16O2.C7H12O2.C7H12O.C6H11NO.C6H10O2/c1-7(2)9(10)12-6-5-11-8(3)4;1-4-9(10)6-5-7-11-8(2)3;1-5(2)7(8)9-6(3)4;1-4-7(8)5-6(2)3;1-4-7(5-8)6(2)3;1-4-6(7)8-5(2)3/h8H,1,5-6H2,2-4H3;4,8H,1,5-7H2,2-3H3;6H,1H2,2-4H3;4,6H,1,5H2,2-3H3;4-6H,1H2,2-3H3;4-5H,1H2,2-3H3. The molecule has 56 heavy (non-hydrogen) atoms. The number of hydrogen-bond acceptors (Lipinski definition) is 11. The second kappa shape index (κ2) is 43.3. The minimum absolute atomic E-state index is 0.0412. The second-order valence-corrected chi connectivity index (χ2v) is 13.6. The van der Waals surface area contributed by atoms with Crippen LogP contribution in [0.2, 0.25) is 0 Å². The van der Waals surface area contributed by atoms with Crippen LogP contribution in [0.15, 0.2) is 75.0 Å². The first kappa shape index (κ1) is 63.5. The van der Waals surface area contributed by atoms with Gasteiger partial charge in [0.2, 0.25) is 6.41 Å². The zero-order chi connectivity index (χ0) is 45.4. The third kappa shape index (κ3) is 61.6. The van der Waals surface area contributed by atoms with Crippen LogP contribution in [0.25, 0.3) is 0 Å². The van der Waals surface area contributed by atoms with Crippen molar-refractivity contribution in [2.75, 3.05) is 19.8 Å². The van der Waals surface area contributed by atoms with Gasteiger partial charge >= 0.3 is 17.9 Å². The molecule has 12 nitrogen and oxygen atoms in total. The molecule has 0 aromatic heterocycles. The topological polar surface area (TPSA) is 152 Å². The fourth-order valence-corrected chi connectivity index (χ4v) is 2.67. The molecule has 0 N–H and O–H groups in total. The summed E-state index contributed by atoms with van der Waals surface area (Å²) in [6.45, 7) is 47.9. The van der Waals surface area contributed by atoms with Crippen molar-refractivity contribution in [3.63, 3.8) is 0 Å². The molecule has 1 amide bonds. The van der Waals surface area contributed by atoms with Gasteiger partial charge in [-0.2, -0.15) is 0 Å². The van der Waals surface area contributed by atoms with Crippen molar-refractivity contribution < 1.29 is 52.5 Å². The number of rotatable bonds is 21. The number of hydrogen-bond donors (Lipinski definition) is 0. The Morgan fingerprint density at radius 2 is 1.04 bits per heavy atom. The first-order valence-corrected chi connectivity index (χ1v) is 18.7. The number of ketones is 2. The molecule has 0 unspecified atom stereocenters. The van der Waals surface area contributed by atoms with E-state index >= 15 is 0 Å². The van der Waals surface area contributed by atoms with Gasteiger partial charge in [-0.25, -0.2) is 14.4 Å². The van der Waals surface area contributed by atoms with Crippen molar-refractivity contribution in [3.05, 3.63) is 75.0 Å². The summed E-state index contributed by atoms with van der Waals surface area (Å²) in [6, 6.07) is 0.227. The number of carbonyl (C=O) groups excluding carboxylic acids is 6. The molecule has 0 saturated heterocycles. The van der Waals surface area contributed by atoms with E-state index in [2.05, 4.69) is 44.2 Å². The highest BCUT2D eigenvalue weighted by molar-refractivity contribution is 5.89. The molecule has 0 saturated carbocycles. The third-order valence-corrected chi connectivity index (χ3v) is 5.34. The quantitative estimate of drug-likeness (QED) is 0.0360. The summed E-state index contributed by atoms with van der Waals surface area (Å²) >= 11 is 0. The molecule has 324 valence electrons. The van der Waals surface area contributed by atoms with E-state index in [1.807, 2.05) is 55.4 Å². The zero-order valence-corrected chi connectivity index (χ0v) is 37.3. The Morgan fingerprint density at radius 1 is 0.589 bits per heavy atom. The minimum Gasteiger partial charge on any atom is -0.460 e. The fourth-order valence-electron chi connectivity index (χ4n) is 2.67. The van der Waals surface area contributed by atoms with Crippen LogP contribution >= 0.6 is 0 Å². The molecule has 0 heterocycles. The average Bonchev–Trinajstić information content (AvgIpc) is 3.09. The van der Waals surface area contributed by atoms with Gasteiger partial charge in [0.25, 0.3) is 0 Å². The van der Waals surface area contributed by atoms with Gasteiger partial charge in [0.15, 0.2) is 11.6 Å². The lowest BCUT2D eigenvalue weighted by molar-refractivity contribution is -0.143. The predicted octanol–water partition coefficient (Wildman–Crippen LogP) is 8.90. The van der Waals surface area contributed by atoms with Crippen LogP contribution in [0.1, 0.15) is 116 Å². The van der Waals surface area contributed by atoms with Gasteiger partial charge in [0.05, 0.1) is 31.0 Å². The van der Waals surface area contributed by atoms with Gasteiger partial charge in [-0.05, 0) is 114 Å². The Balaban J connectivity index is -0.000000135. The van der Waals surface area contributed by atoms with Crippen LogP contribution in [0, 0.1) is 5.92 Å². The lowest BCUT2D eigenvalue weighted by Crippen LogP contribution is -2.22. The van der Waals surface area contributed by atoms with Gasteiger partial charge < -0.3 is 28.6 Å². The second-order valence-electron chi connectivity index (χ2n) is 13.6. The molecule has 0 bridgehead atoms. The number of nitrogens with zero attached hydrogens (tertiary/aromatic N) is 1. The molecule has 0 aliphatic carbocycles. The molecule has 0 aliphatic heterocycles. The maximum absolute atomic E-state index is 10.8. The summed E-state index contributed by atoms with van der Waals surface area (Å²) in [4.78, 5) is 64.4. The fraction of sp³-hybridized carbons (Fsp3) is 0.591. The molecule has 12 heteroatoms. The van der Waals surface area contributed by atoms with Crippen molar-refractivity contribution in [1.29, 1.82) is 0 Å². The van der Waals surface area contributed by atoms with Gasteiger partial charge in [-0.1, -0.05) is 53.3 Å². The zero-order valence-electron chi connectivity index (χ0n) is 37.3. The van der Waals surface area contributed by atoms with Crippen molar-refractivity contribution >= 4 is 35.9 Å². The molecular weight excluding hydrogens is 718 g/mol. The number of allylic oxidation sites excluding steroid dienone is 2. The van der Waals surface area contributed by atoms with E-state index in [-0.39, 0.29) is 59.9 Å². The summed E-state index contributed by atoms with van der Waals surface area (Å²) in [5.41, 5.74) is 0.864. The van der Waals surface area contributed by atoms with E-state index in [0.717, 1.165) is 18.9 Å². The highest BCUT2D eigenvalue weighted by Gasteiger charge is 2.04.